The van der Waals surface area contributed by atoms with Crippen LogP contribution in [-0.2, 0) is 11.3 Å². The van der Waals surface area contributed by atoms with E-state index in [0.29, 0.717) is 11.1 Å². The number of aliphatic hydroxyl groups excluding tert-OH is 1. The normalized spacial score (nSPS) is 11.0. The summed E-state index contributed by atoms with van der Waals surface area (Å²) in [4.78, 5) is 38.0. The molecule has 0 aliphatic rings. The first-order chi connectivity index (χ1) is 16.0. The van der Waals surface area contributed by atoms with Crippen molar-refractivity contribution in [2.45, 2.75) is 6.54 Å². The number of aliphatic hydroxyl groups is 1. The molecule has 0 aromatic heterocycles. The summed E-state index contributed by atoms with van der Waals surface area (Å²) in [5, 5.41) is 23.1. The van der Waals surface area contributed by atoms with Gasteiger partial charge in [-0.2, -0.15) is 0 Å². The van der Waals surface area contributed by atoms with Crippen molar-refractivity contribution in [1.29, 1.82) is 0 Å². The summed E-state index contributed by atoms with van der Waals surface area (Å²) in [5.41, 5.74) is 1.64. The van der Waals surface area contributed by atoms with Crippen LogP contribution in [0.3, 0.4) is 0 Å². The number of carbonyl (C=O) groups excluding carboxylic acids is 2. The highest BCUT2D eigenvalue weighted by molar-refractivity contribution is 6.05. The summed E-state index contributed by atoms with van der Waals surface area (Å²) in [6, 6.07) is 23.4. The third-order valence-corrected chi connectivity index (χ3v) is 4.80. The fraction of sp³-hybridized carbons (Fsp3) is 0.120. The van der Waals surface area contributed by atoms with Gasteiger partial charge in [-0.25, -0.2) is 0 Å². The van der Waals surface area contributed by atoms with Crippen LogP contribution < -0.4 is 5.32 Å². The van der Waals surface area contributed by atoms with E-state index >= 15 is 0 Å². The Kier molecular flexibility index (Phi) is 8.04. The van der Waals surface area contributed by atoms with Crippen molar-refractivity contribution in [3.63, 3.8) is 0 Å². The van der Waals surface area contributed by atoms with Crippen molar-refractivity contribution in [2.75, 3.05) is 13.2 Å². The van der Waals surface area contributed by atoms with Crippen LogP contribution in [0.2, 0.25) is 0 Å². The largest absolute Gasteiger partial charge is 0.395 e. The lowest BCUT2D eigenvalue weighted by Gasteiger charge is -2.23. The molecule has 8 heteroatoms. The van der Waals surface area contributed by atoms with Gasteiger partial charge in [0.05, 0.1) is 11.5 Å². The monoisotopic (exact) mass is 445 g/mol. The first kappa shape index (κ1) is 23.4. The zero-order valence-electron chi connectivity index (χ0n) is 17.8. The molecule has 0 atom stereocenters. The average molecular weight is 445 g/mol. The van der Waals surface area contributed by atoms with Crippen molar-refractivity contribution < 1.29 is 19.6 Å². The second-order valence-electron chi connectivity index (χ2n) is 7.16. The standard InChI is InChI=1S/C25H23N3O5/c29-16-15-27(18-20-7-3-1-4-8-20)25(31)23(26-24(30)21-9-5-2-6-10-21)17-19-11-13-22(14-12-19)28(32)33/h1-14,17,29H,15-16,18H2,(H,26,30)/b23-17-. The van der Waals surface area contributed by atoms with Gasteiger partial charge in [0.2, 0.25) is 0 Å². The maximum atomic E-state index is 13.4. The summed E-state index contributed by atoms with van der Waals surface area (Å²) in [6.07, 6.45) is 1.46. The van der Waals surface area contributed by atoms with Crippen molar-refractivity contribution in [1.82, 2.24) is 10.2 Å². The molecule has 33 heavy (non-hydrogen) atoms. The second kappa shape index (κ2) is 11.4. The van der Waals surface area contributed by atoms with E-state index in [2.05, 4.69) is 5.32 Å². The van der Waals surface area contributed by atoms with Gasteiger partial charge < -0.3 is 15.3 Å². The third kappa shape index (κ3) is 6.59. The molecule has 168 valence electrons. The fourth-order valence-electron chi connectivity index (χ4n) is 3.14. The molecule has 8 nitrogen and oxygen atoms in total. The van der Waals surface area contributed by atoms with Gasteiger partial charge in [-0.1, -0.05) is 48.5 Å². The number of nitrogens with zero attached hydrogens (tertiary/aromatic N) is 2. The number of carbonyl (C=O) groups is 2. The second-order valence-corrected chi connectivity index (χ2v) is 7.16. The molecule has 0 aliphatic heterocycles. The summed E-state index contributed by atoms with van der Waals surface area (Å²) in [6.45, 7) is 0.0432. The Labute approximate surface area is 190 Å². The van der Waals surface area contributed by atoms with Gasteiger partial charge in [-0.15, -0.1) is 0 Å². The smallest absolute Gasteiger partial charge is 0.270 e. The topological polar surface area (TPSA) is 113 Å². The Morgan fingerprint density at radius 3 is 2.12 bits per heavy atom. The van der Waals surface area contributed by atoms with Gasteiger partial charge in [0.15, 0.2) is 0 Å². The molecule has 0 heterocycles. The molecular weight excluding hydrogens is 422 g/mol. The Morgan fingerprint density at radius 1 is 0.939 bits per heavy atom. The number of benzene rings is 3. The van der Waals surface area contributed by atoms with Gasteiger partial charge in [0.1, 0.15) is 5.70 Å². The molecule has 2 N–H and O–H groups in total. The van der Waals surface area contributed by atoms with Gasteiger partial charge in [-0.05, 0) is 41.5 Å². The Morgan fingerprint density at radius 2 is 1.55 bits per heavy atom. The SMILES string of the molecule is O=C(N/C(=C\c1ccc([N+](=O)[O-])cc1)C(=O)N(CCO)Cc1ccccc1)c1ccccc1. The molecule has 0 bridgehead atoms. The highest BCUT2D eigenvalue weighted by Gasteiger charge is 2.21. The predicted molar refractivity (Wildman–Crippen MR) is 124 cm³/mol. The first-order valence-corrected chi connectivity index (χ1v) is 10.2. The van der Waals surface area contributed by atoms with Gasteiger partial charge in [0, 0.05) is 30.8 Å². The van der Waals surface area contributed by atoms with Crippen molar-refractivity contribution in [2.24, 2.45) is 0 Å². The number of nitrogens with one attached hydrogen (secondary N) is 1. The van der Waals surface area contributed by atoms with Crippen molar-refractivity contribution in [3.8, 4) is 0 Å². The molecule has 0 spiro atoms. The number of non-ortho nitro benzene ring substituents is 1. The zero-order valence-corrected chi connectivity index (χ0v) is 17.8. The molecule has 0 radical (unpaired) electrons. The van der Waals surface area contributed by atoms with Gasteiger partial charge in [-0.3, -0.25) is 19.7 Å². The molecule has 3 aromatic rings. The lowest BCUT2D eigenvalue weighted by molar-refractivity contribution is -0.384. The predicted octanol–water partition coefficient (Wildman–Crippen LogP) is 3.39. The van der Waals surface area contributed by atoms with Gasteiger partial charge >= 0.3 is 0 Å². The van der Waals surface area contributed by atoms with Crippen LogP contribution >= 0.6 is 0 Å². The highest BCUT2D eigenvalue weighted by atomic mass is 16.6. The number of amides is 2. The van der Waals surface area contributed by atoms with Crippen LogP contribution in [0.1, 0.15) is 21.5 Å². The Bertz CT molecular complexity index is 1130. The molecule has 0 saturated heterocycles. The number of nitro groups is 1. The molecule has 0 fully saturated rings. The van der Waals surface area contributed by atoms with Crippen molar-refractivity contribution in [3.05, 3.63) is 117 Å². The Hall–Kier alpha value is -4.30. The highest BCUT2D eigenvalue weighted by Crippen LogP contribution is 2.16. The van der Waals surface area contributed by atoms with Crippen LogP contribution in [0.15, 0.2) is 90.6 Å². The van der Waals surface area contributed by atoms with Crippen LogP contribution in [0, 0.1) is 10.1 Å². The zero-order chi connectivity index (χ0) is 23.6. The number of hydrogen-bond donors (Lipinski definition) is 2. The summed E-state index contributed by atoms with van der Waals surface area (Å²) in [7, 11) is 0. The summed E-state index contributed by atoms with van der Waals surface area (Å²) < 4.78 is 0. The average Bonchev–Trinajstić information content (AvgIpc) is 2.84. The van der Waals surface area contributed by atoms with E-state index < -0.39 is 16.7 Å². The molecule has 0 saturated carbocycles. The molecule has 3 aromatic carbocycles. The van der Waals surface area contributed by atoms with E-state index in [1.807, 2.05) is 30.3 Å². The number of hydrogen-bond acceptors (Lipinski definition) is 5. The molecular formula is C25H23N3O5. The van der Waals surface area contributed by atoms with E-state index in [1.54, 1.807) is 30.3 Å². The first-order valence-electron chi connectivity index (χ1n) is 10.2. The minimum absolute atomic E-state index is 0.0120. The van der Waals surface area contributed by atoms with Crippen LogP contribution in [0.5, 0.6) is 0 Å². The van der Waals surface area contributed by atoms with Gasteiger partial charge in [0.25, 0.3) is 17.5 Å². The Balaban J connectivity index is 1.93. The summed E-state index contributed by atoms with van der Waals surface area (Å²) >= 11 is 0. The van der Waals surface area contributed by atoms with E-state index in [0.717, 1.165) is 5.56 Å². The molecule has 0 unspecified atom stereocenters. The summed E-state index contributed by atoms with van der Waals surface area (Å²) in [5.74, 6) is -0.962. The third-order valence-electron chi connectivity index (χ3n) is 4.80. The fourth-order valence-corrected chi connectivity index (χ4v) is 3.14. The molecule has 2 amide bonds. The number of nitro benzene ring substituents is 1. The quantitative estimate of drug-likeness (QED) is 0.298. The van der Waals surface area contributed by atoms with E-state index in [4.69, 9.17) is 0 Å². The molecule has 3 rings (SSSR count). The van der Waals surface area contributed by atoms with E-state index in [9.17, 15) is 24.8 Å². The maximum absolute atomic E-state index is 13.4. The minimum Gasteiger partial charge on any atom is -0.395 e. The van der Waals surface area contributed by atoms with Crippen LogP contribution in [-0.4, -0.2) is 39.9 Å². The van der Waals surface area contributed by atoms with Crippen LogP contribution in [0.25, 0.3) is 6.08 Å². The lowest BCUT2D eigenvalue weighted by Crippen LogP contribution is -2.39. The van der Waals surface area contributed by atoms with E-state index in [1.165, 1.54) is 35.2 Å². The minimum atomic E-state index is -0.514. The van der Waals surface area contributed by atoms with Crippen molar-refractivity contribution >= 4 is 23.6 Å². The van der Waals surface area contributed by atoms with E-state index in [-0.39, 0.29) is 31.1 Å². The maximum Gasteiger partial charge on any atom is 0.270 e. The number of rotatable bonds is 9. The lowest BCUT2D eigenvalue weighted by atomic mass is 10.1. The van der Waals surface area contributed by atoms with Crippen LogP contribution in [0.4, 0.5) is 5.69 Å². The molecule has 0 aliphatic carbocycles.